The van der Waals surface area contributed by atoms with Crippen molar-refractivity contribution in [3.63, 3.8) is 0 Å². The Kier molecular flexibility index (Phi) is 6.72. The van der Waals surface area contributed by atoms with Crippen LogP contribution in [0.2, 0.25) is 5.02 Å². The fourth-order valence-electron chi connectivity index (χ4n) is 4.12. The molecule has 1 amide bonds. The van der Waals surface area contributed by atoms with E-state index in [0.717, 1.165) is 56.4 Å². The Hall–Kier alpha value is -2.25. The first kappa shape index (κ1) is 22.0. The van der Waals surface area contributed by atoms with Crippen molar-refractivity contribution in [1.82, 2.24) is 20.2 Å². The van der Waals surface area contributed by atoms with Crippen LogP contribution in [-0.4, -0.2) is 46.5 Å². The number of hydrogen-bond acceptors (Lipinski definition) is 5. The zero-order valence-electron chi connectivity index (χ0n) is 18.0. The number of carbonyl (C=O) groups excluding carboxylic acids is 1. The average molecular weight is 446 g/mol. The van der Waals surface area contributed by atoms with Crippen LogP contribution in [0, 0.1) is 19.7 Å². The summed E-state index contributed by atoms with van der Waals surface area (Å²) >= 11 is 5.96. The van der Waals surface area contributed by atoms with Crippen LogP contribution in [0.15, 0.2) is 18.3 Å². The van der Waals surface area contributed by atoms with Gasteiger partial charge in [0.1, 0.15) is 5.82 Å². The molecular weight excluding hydrogens is 417 g/mol. The smallest absolute Gasteiger partial charge is 0.227 e. The molecule has 2 N–H and O–H groups in total. The zero-order chi connectivity index (χ0) is 22.0. The minimum Gasteiger partial charge on any atom is -0.353 e. The molecule has 0 unspecified atom stereocenters. The van der Waals surface area contributed by atoms with Crippen molar-refractivity contribution in [2.45, 2.75) is 57.9 Å². The third-order valence-corrected chi connectivity index (χ3v) is 6.52. The number of carbonyl (C=O) groups is 1. The first-order chi connectivity index (χ1) is 14.9. The van der Waals surface area contributed by atoms with Crippen LogP contribution >= 0.6 is 11.6 Å². The molecule has 8 heteroatoms. The lowest BCUT2D eigenvalue weighted by atomic mass is 9.86. The van der Waals surface area contributed by atoms with Gasteiger partial charge < -0.3 is 15.5 Å². The van der Waals surface area contributed by atoms with Gasteiger partial charge in [0, 0.05) is 19.0 Å². The predicted octanol–water partition coefficient (Wildman–Crippen LogP) is 4.48. The molecular formula is C23H29ClFN5O. The second kappa shape index (κ2) is 9.49. The van der Waals surface area contributed by atoms with Crippen LogP contribution in [0.1, 0.15) is 54.8 Å². The summed E-state index contributed by atoms with van der Waals surface area (Å²) in [5, 5.41) is 6.48. The molecule has 0 bridgehead atoms. The highest BCUT2D eigenvalue weighted by molar-refractivity contribution is 6.31. The van der Waals surface area contributed by atoms with Gasteiger partial charge in [-0.15, -0.1) is 0 Å². The van der Waals surface area contributed by atoms with E-state index in [-0.39, 0.29) is 11.7 Å². The lowest BCUT2D eigenvalue weighted by molar-refractivity contribution is -0.121. The Labute approximate surface area is 187 Å². The molecule has 1 saturated carbocycles. The number of aromatic nitrogens is 2. The molecule has 6 nitrogen and oxygen atoms in total. The third-order valence-electron chi connectivity index (χ3n) is 6.15. The Morgan fingerprint density at radius 1 is 1.23 bits per heavy atom. The SMILES string of the molecule is Cc1cc(Nc2ncc(Cl)c(C)n2)c(F)cc1C1CCN(CCC(=O)NC2CC2)CC1. The highest BCUT2D eigenvalue weighted by Crippen LogP contribution is 2.33. The minimum absolute atomic E-state index is 0.158. The van der Waals surface area contributed by atoms with Crippen molar-refractivity contribution >= 4 is 29.1 Å². The number of benzene rings is 1. The van der Waals surface area contributed by atoms with E-state index in [1.165, 1.54) is 6.20 Å². The molecule has 1 aromatic carbocycles. The van der Waals surface area contributed by atoms with Gasteiger partial charge in [-0.3, -0.25) is 4.79 Å². The van der Waals surface area contributed by atoms with Crippen molar-refractivity contribution < 1.29 is 9.18 Å². The fourth-order valence-corrected chi connectivity index (χ4v) is 4.21. The van der Waals surface area contributed by atoms with Gasteiger partial charge in [0.15, 0.2) is 0 Å². The maximum atomic E-state index is 14.8. The number of anilines is 2. The number of likely N-dealkylation sites (tertiary alicyclic amines) is 1. The lowest BCUT2D eigenvalue weighted by Gasteiger charge is -2.32. The van der Waals surface area contributed by atoms with Gasteiger partial charge >= 0.3 is 0 Å². The number of nitrogens with one attached hydrogen (secondary N) is 2. The van der Waals surface area contributed by atoms with Crippen molar-refractivity contribution in [3.8, 4) is 0 Å². The Morgan fingerprint density at radius 2 is 1.97 bits per heavy atom. The van der Waals surface area contributed by atoms with Gasteiger partial charge in [-0.25, -0.2) is 14.4 Å². The number of piperidine rings is 1. The molecule has 166 valence electrons. The summed E-state index contributed by atoms with van der Waals surface area (Å²) in [6.45, 7) is 6.46. The van der Waals surface area contributed by atoms with E-state index < -0.39 is 0 Å². The molecule has 2 aliphatic rings. The number of halogens is 2. The third kappa shape index (κ3) is 5.71. The highest BCUT2D eigenvalue weighted by atomic mass is 35.5. The maximum absolute atomic E-state index is 14.8. The second-order valence-corrected chi connectivity index (χ2v) is 9.06. The van der Waals surface area contributed by atoms with Crippen molar-refractivity contribution in [2.24, 2.45) is 0 Å². The van der Waals surface area contributed by atoms with Crippen LogP contribution < -0.4 is 10.6 Å². The molecule has 1 aliphatic carbocycles. The first-order valence-corrected chi connectivity index (χ1v) is 11.3. The van der Waals surface area contributed by atoms with E-state index in [1.807, 2.05) is 13.0 Å². The number of hydrogen-bond donors (Lipinski definition) is 2. The van der Waals surface area contributed by atoms with E-state index >= 15 is 0 Å². The normalized spacial score (nSPS) is 17.5. The van der Waals surface area contributed by atoms with Gasteiger partial charge in [-0.2, -0.15) is 0 Å². The van der Waals surface area contributed by atoms with Gasteiger partial charge in [-0.1, -0.05) is 11.6 Å². The largest absolute Gasteiger partial charge is 0.353 e. The standard InChI is InChI=1S/C23H29ClFN5O/c1-14-11-21(29-23-26-13-19(24)15(2)27-23)20(25)12-18(14)16-5-8-30(9-6-16)10-7-22(31)28-17-3-4-17/h11-13,16-17H,3-10H2,1-2H3,(H,28,31)(H,26,27,29). The van der Waals surface area contributed by atoms with Gasteiger partial charge in [0.2, 0.25) is 11.9 Å². The summed E-state index contributed by atoms with van der Waals surface area (Å²) in [5.74, 6) is 0.502. The van der Waals surface area contributed by atoms with Crippen molar-refractivity contribution in [2.75, 3.05) is 25.0 Å². The molecule has 2 heterocycles. The summed E-state index contributed by atoms with van der Waals surface area (Å²) in [7, 11) is 0. The number of nitrogens with zero attached hydrogens (tertiary/aromatic N) is 3. The van der Waals surface area contributed by atoms with E-state index in [2.05, 4.69) is 25.5 Å². The van der Waals surface area contributed by atoms with Gasteiger partial charge in [0.05, 0.1) is 22.6 Å². The van der Waals surface area contributed by atoms with E-state index in [1.54, 1.807) is 13.0 Å². The van der Waals surface area contributed by atoms with Crippen LogP contribution in [0.5, 0.6) is 0 Å². The number of rotatable bonds is 7. The molecule has 2 aromatic rings. The Bertz CT molecular complexity index is 957. The predicted molar refractivity (Wildman–Crippen MR) is 120 cm³/mol. The maximum Gasteiger partial charge on any atom is 0.227 e. The van der Waals surface area contributed by atoms with Crippen LogP contribution in [-0.2, 0) is 4.79 Å². The highest BCUT2D eigenvalue weighted by Gasteiger charge is 2.25. The zero-order valence-corrected chi connectivity index (χ0v) is 18.8. The Morgan fingerprint density at radius 3 is 2.65 bits per heavy atom. The molecule has 31 heavy (non-hydrogen) atoms. The second-order valence-electron chi connectivity index (χ2n) is 8.65. The van der Waals surface area contributed by atoms with E-state index in [4.69, 9.17) is 11.6 Å². The molecule has 1 aliphatic heterocycles. The molecule has 0 spiro atoms. The van der Waals surface area contributed by atoms with Gasteiger partial charge in [0.25, 0.3) is 0 Å². The lowest BCUT2D eigenvalue weighted by Crippen LogP contribution is -2.36. The van der Waals surface area contributed by atoms with Gasteiger partial charge in [-0.05, 0) is 81.8 Å². The summed E-state index contributed by atoms with van der Waals surface area (Å²) in [5.41, 5.74) is 3.12. The summed E-state index contributed by atoms with van der Waals surface area (Å²) in [6, 6.07) is 3.89. The van der Waals surface area contributed by atoms with Crippen LogP contribution in [0.3, 0.4) is 0 Å². The van der Waals surface area contributed by atoms with E-state index in [9.17, 15) is 9.18 Å². The summed E-state index contributed by atoms with van der Waals surface area (Å²) in [6.07, 6.45) is 6.24. The topological polar surface area (TPSA) is 70.2 Å². The molecule has 2 fully saturated rings. The molecule has 0 atom stereocenters. The quantitative estimate of drug-likeness (QED) is 0.657. The minimum atomic E-state index is -0.309. The average Bonchev–Trinajstić information content (AvgIpc) is 3.56. The van der Waals surface area contributed by atoms with E-state index in [0.29, 0.717) is 40.7 Å². The number of aryl methyl sites for hydroxylation is 2. The first-order valence-electron chi connectivity index (χ1n) is 11.0. The van der Waals surface area contributed by atoms with Crippen LogP contribution in [0.25, 0.3) is 0 Å². The van der Waals surface area contributed by atoms with Crippen LogP contribution in [0.4, 0.5) is 16.0 Å². The molecule has 4 rings (SSSR count). The number of amides is 1. The summed E-state index contributed by atoms with van der Waals surface area (Å²) < 4.78 is 14.8. The van der Waals surface area contributed by atoms with Crippen molar-refractivity contribution in [3.05, 3.63) is 46.0 Å². The van der Waals surface area contributed by atoms with Crippen molar-refractivity contribution in [1.29, 1.82) is 0 Å². The molecule has 1 saturated heterocycles. The molecule has 0 radical (unpaired) electrons. The fraction of sp³-hybridized carbons (Fsp3) is 0.522. The Balaban J connectivity index is 1.34. The monoisotopic (exact) mass is 445 g/mol. The summed E-state index contributed by atoms with van der Waals surface area (Å²) in [4.78, 5) is 22.6. The molecule has 1 aromatic heterocycles.